The highest BCUT2D eigenvalue weighted by molar-refractivity contribution is 6.30. The number of halogens is 1. The standard InChI is InChI=1S/C30H25ClN2O5/c1-2-37-27-19-21(13-18-26(27)38-28(34)22-14-16-25(31)17-15-22)20-32-33-29(35)30(36,23-9-5-3-6-10-23)24-11-7-4-8-12-24/h3-20,36H,2H2,1H3,(H,33,35)/b32-20-. The van der Waals surface area contributed by atoms with Crippen molar-refractivity contribution in [2.45, 2.75) is 12.5 Å². The maximum absolute atomic E-state index is 13.2. The smallest absolute Gasteiger partial charge is 0.343 e. The SMILES string of the molecule is CCOc1cc(/C=N\NC(=O)C(O)(c2ccccc2)c2ccccc2)ccc1OC(=O)c1ccc(Cl)cc1. The summed E-state index contributed by atoms with van der Waals surface area (Å²) in [5, 5.41) is 16.1. The molecule has 192 valence electrons. The number of rotatable bonds is 9. The Morgan fingerprint density at radius 1 is 0.895 bits per heavy atom. The van der Waals surface area contributed by atoms with Crippen LogP contribution in [0.2, 0.25) is 5.02 Å². The van der Waals surface area contributed by atoms with Gasteiger partial charge in [-0.15, -0.1) is 0 Å². The molecule has 0 radical (unpaired) electrons. The summed E-state index contributed by atoms with van der Waals surface area (Å²) in [6, 6.07) is 28.5. The number of aliphatic hydroxyl groups is 1. The fourth-order valence-electron chi connectivity index (χ4n) is 3.74. The highest BCUT2D eigenvalue weighted by Gasteiger charge is 2.39. The van der Waals surface area contributed by atoms with Crippen LogP contribution in [0.4, 0.5) is 0 Å². The summed E-state index contributed by atoms with van der Waals surface area (Å²) in [7, 11) is 0. The van der Waals surface area contributed by atoms with Gasteiger partial charge in [0.05, 0.1) is 18.4 Å². The van der Waals surface area contributed by atoms with Gasteiger partial charge in [-0.25, -0.2) is 10.2 Å². The van der Waals surface area contributed by atoms with Crippen LogP contribution in [0.25, 0.3) is 0 Å². The molecule has 0 heterocycles. The van der Waals surface area contributed by atoms with Gasteiger partial charge in [-0.1, -0.05) is 72.3 Å². The van der Waals surface area contributed by atoms with Gasteiger partial charge in [-0.3, -0.25) is 4.79 Å². The zero-order chi connectivity index (χ0) is 27.0. The van der Waals surface area contributed by atoms with Crippen molar-refractivity contribution in [3.8, 4) is 11.5 Å². The summed E-state index contributed by atoms with van der Waals surface area (Å²) in [5.41, 5.74) is 2.22. The number of nitrogens with zero attached hydrogens (tertiary/aromatic N) is 1. The largest absolute Gasteiger partial charge is 0.490 e. The van der Waals surface area contributed by atoms with E-state index in [1.807, 2.05) is 0 Å². The molecular formula is C30H25ClN2O5. The van der Waals surface area contributed by atoms with E-state index >= 15 is 0 Å². The molecule has 0 spiro atoms. The van der Waals surface area contributed by atoms with Crippen molar-refractivity contribution < 1.29 is 24.2 Å². The Bertz CT molecular complexity index is 1380. The summed E-state index contributed by atoms with van der Waals surface area (Å²) in [4.78, 5) is 25.7. The summed E-state index contributed by atoms with van der Waals surface area (Å²) in [5.74, 6) is -0.715. The van der Waals surface area contributed by atoms with E-state index in [9.17, 15) is 14.7 Å². The van der Waals surface area contributed by atoms with Crippen LogP contribution in [-0.4, -0.2) is 29.8 Å². The van der Waals surface area contributed by atoms with Gasteiger partial charge in [0.1, 0.15) is 0 Å². The third-order valence-corrected chi connectivity index (χ3v) is 5.89. The number of amides is 1. The minimum absolute atomic E-state index is 0.232. The molecule has 0 saturated carbocycles. The van der Waals surface area contributed by atoms with Crippen LogP contribution in [0, 0.1) is 0 Å². The molecule has 4 aromatic rings. The van der Waals surface area contributed by atoms with Gasteiger partial charge in [0.15, 0.2) is 17.1 Å². The Balaban J connectivity index is 1.52. The third-order valence-electron chi connectivity index (χ3n) is 5.64. The van der Waals surface area contributed by atoms with Gasteiger partial charge in [0.25, 0.3) is 5.91 Å². The Labute approximate surface area is 225 Å². The van der Waals surface area contributed by atoms with Gasteiger partial charge in [-0.2, -0.15) is 5.10 Å². The fraction of sp³-hybridized carbons (Fsp3) is 0.100. The molecule has 0 aliphatic heterocycles. The second kappa shape index (κ2) is 12.2. The molecule has 2 N–H and O–H groups in total. The van der Waals surface area contributed by atoms with Crippen molar-refractivity contribution in [1.29, 1.82) is 0 Å². The lowest BCUT2D eigenvalue weighted by Gasteiger charge is -2.27. The van der Waals surface area contributed by atoms with Gasteiger partial charge < -0.3 is 14.6 Å². The molecule has 0 unspecified atom stereocenters. The molecule has 1 amide bonds. The Morgan fingerprint density at radius 3 is 2.08 bits per heavy atom. The van der Waals surface area contributed by atoms with Crippen molar-refractivity contribution in [3.05, 3.63) is 130 Å². The Morgan fingerprint density at radius 2 is 1.50 bits per heavy atom. The molecule has 4 aromatic carbocycles. The molecule has 8 heteroatoms. The first-order valence-corrected chi connectivity index (χ1v) is 12.2. The number of carbonyl (C=O) groups is 2. The van der Waals surface area contributed by atoms with Crippen molar-refractivity contribution in [2.75, 3.05) is 6.61 Å². The lowest BCUT2D eigenvalue weighted by atomic mass is 9.85. The average molecular weight is 529 g/mol. The van der Waals surface area contributed by atoms with E-state index in [-0.39, 0.29) is 5.75 Å². The normalized spacial score (nSPS) is 11.2. The minimum atomic E-state index is -1.95. The van der Waals surface area contributed by atoms with Crippen LogP contribution in [0.15, 0.2) is 108 Å². The van der Waals surface area contributed by atoms with Crippen LogP contribution in [0.3, 0.4) is 0 Å². The second-order valence-corrected chi connectivity index (χ2v) is 8.61. The third kappa shape index (κ3) is 6.08. The quantitative estimate of drug-likeness (QED) is 0.132. The first-order valence-electron chi connectivity index (χ1n) is 11.8. The molecule has 0 fully saturated rings. The number of esters is 1. The van der Waals surface area contributed by atoms with Crippen molar-refractivity contribution >= 4 is 29.7 Å². The molecule has 0 aromatic heterocycles. The number of carbonyl (C=O) groups excluding carboxylic acids is 2. The van der Waals surface area contributed by atoms with Crippen LogP contribution >= 0.6 is 11.6 Å². The van der Waals surface area contributed by atoms with E-state index in [4.69, 9.17) is 21.1 Å². The van der Waals surface area contributed by atoms with Crippen molar-refractivity contribution in [1.82, 2.24) is 5.43 Å². The summed E-state index contributed by atoms with van der Waals surface area (Å²) in [6.45, 7) is 2.14. The molecule has 4 rings (SSSR count). The molecular weight excluding hydrogens is 504 g/mol. The lowest BCUT2D eigenvalue weighted by Crippen LogP contribution is -2.43. The lowest BCUT2D eigenvalue weighted by molar-refractivity contribution is -0.136. The molecule has 0 saturated heterocycles. The number of hydrogen-bond acceptors (Lipinski definition) is 6. The molecule has 0 atom stereocenters. The highest BCUT2D eigenvalue weighted by atomic mass is 35.5. The van der Waals surface area contributed by atoms with Crippen molar-refractivity contribution in [3.63, 3.8) is 0 Å². The van der Waals surface area contributed by atoms with Crippen LogP contribution in [-0.2, 0) is 10.4 Å². The molecule has 7 nitrogen and oxygen atoms in total. The molecule has 0 aliphatic rings. The maximum atomic E-state index is 13.2. The van der Waals surface area contributed by atoms with Crippen LogP contribution in [0.5, 0.6) is 11.5 Å². The van der Waals surface area contributed by atoms with E-state index in [1.165, 1.54) is 6.21 Å². The van der Waals surface area contributed by atoms with E-state index in [0.717, 1.165) is 0 Å². The van der Waals surface area contributed by atoms with E-state index in [0.29, 0.717) is 39.6 Å². The number of nitrogens with one attached hydrogen (secondary N) is 1. The zero-order valence-electron chi connectivity index (χ0n) is 20.5. The summed E-state index contributed by atoms with van der Waals surface area (Å²) in [6.07, 6.45) is 1.40. The van der Waals surface area contributed by atoms with E-state index < -0.39 is 17.5 Å². The van der Waals surface area contributed by atoms with Gasteiger partial charge in [-0.05, 0) is 66.1 Å². The Hall–Kier alpha value is -4.46. The maximum Gasteiger partial charge on any atom is 0.343 e. The summed E-state index contributed by atoms with van der Waals surface area (Å²) >= 11 is 5.88. The fourth-order valence-corrected chi connectivity index (χ4v) is 3.86. The molecule has 0 aliphatic carbocycles. The first-order chi connectivity index (χ1) is 18.4. The van der Waals surface area contributed by atoms with E-state index in [1.54, 1.807) is 110 Å². The number of benzene rings is 4. The number of ether oxygens (including phenoxy) is 2. The summed E-state index contributed by atoms with van der Waals surface area (Å²) < 4.78 is 11.2. The molecule has 0 bridgehead atoms. The number of hydrogen-bond donors (Lipinski definition) is 2. The second-order valence-electron chi connectivity index (χ2n) is 8.18. The predicted molar refractivity (Wildman–Crippen MR) is 146 cm³/mol. The van der Waals surface area contributed by atoms with Crippen LogP contribution < -0.4 is 14.9 Å². The van der Waals surface area contributed by atoms with E-state index in [2.05, 4.69) is 10.5 Å². The number of hydrazone groups is 1. The predicted octanol–water partition coefficient (Wildman–Crippen LogP) is 5.34. The van der Waals surface area contributed by atoms with Gasteiger partial charge in [0, 0.05) is 5.02 Å². The zero-order valence-corrected chi connectivity index (χ0v) is 21.3. The highest BCUT2D eigenvalue weighted by Crippen LogP contribution is 2.31. The monoisotopic (exact) mass is 528 g/mol. The first kappa shape index (κ1) is 26.6. The van der Waals surface area contributed by atoms with Crippen LogP contribution in [0.1, 0.15) is 34.0 Å². The minimum Gasteiger partial charge on any atom is -0.490 e. The van der Waals surface area contributed by atoms with Gasteiger partial charge in [0.2, 0.25) is 0 Å². The topological polar surface area (TPSA) is 97.2 Å². The Kier molecular flexibility index (Phi) is 8.53. The van der Waals surface area contributed by atoms with Crippen molar-refractivity contribution in [2.24, 2.45) is 5.10 Å². The van der Waals surface area contributed by atoms with Gasteiger partial charge >= 0.3 is 5.97 Å². The average Bonchev–Trinajstić information content (AvgIpc) is 2.95. The molecule has 38 heavy (non-hydrogen) atoms.